The Bertz CT molecular complexity index is 1030. The molecule has 0 aromatic heterocycles. The van der Waals surface area contributed by atoms with Gasteiger partial charge in [0.05, 0.1) is 32.9 Å². The first-order valence-electron chi connectivity index (χ1n) is 10.1. The van der Waals surface area contributed by atoms with E-state index in [9.17, 15) is 14.7 Å². The number of aliphatic hydroxyl groups is 1. The zero-order valence-corrected chi connectivity index (χ0v) is 18.9. The maximum Gasteiger partial charge on any atom is 0.295 e. The average molecular weight is 440 g/mol. The van der Waals surface area contributed by atoms with E-state index in [2.05, 4.69) is 0 Å². The minimum Gasteiger partial charge on any atom is -0.507 e. The fraction of sp³-hybridized carbons (Fsp3) is 0.333. The first-order chi connectivity index (χ1) is 15.3. The zero-order chi connectivity index (χ0) is 23.4. The normalized spacial score (nSPS) is 17.7. The highest BCUT2D eigenvalue weighted by Crippen LogP contribution is 2.45. The van der Waals surface area contributed by atoms with Gasteiger partial charge >= 0.3 is 0 Å². The second kappa shape index (κ2) is 9.74. The second-order valence-corrected chi connectivity index (χ2v) is 7.61. The number of para-hydroxylation sites is 1. The third kappa shape index (κ3) is 4.27. The third-order valence-corrected chi connectivity index (χ3v) is 5.42. The number of hydrogen-bond donors (Lipinski definition) is 1. The average Bonchev–Trinajstić information content (AvgIpc) is 3.06. The number of nitrogens with zero attached hydrogens (tertiary/aromatic N) is 2. The summed E-state index contributed by atoms with van der Waals surface area (Å²) >= 11 is 0. The van der Waals surface area contributed by atoms with Crippen LogP contribution in [0, 0.1) is 0 Å². The topological polar surface area (TPSA) is 88.5 Å². The molecule has 0 unspecified atom stereocenters. The molecule has 0 radical (unpaired) electrons. The van der Waals surface area contributed by atoms with Crippen molar-refractivity contribution in [2.75, 3.05) is 48.5 Å². The molecular weight excluding hydrogens is 412 g/mol. The summed E-state index contributed by atoms with van der Waals surface area (Å²) in [6.07, 6.45) is 0. The quantitative estimate of drug-likeness (QED) is 0.384. The molecule has 32 heavy (non-hydrogen) atoms. The van der Waals surface area contributed by atoms with Gasteiger partial charge in [-0.25, -0.2) is 0 Å². The van der Waals surface area contributed by atoms with Gasteiger partial charge < -0.3 is 29.1 Å². The van der Waals surface area contributed by atoms with E-state index >= 15 is 0 Å². The molecule has 1 aliphatic rings. The molecule has 0 aliphatic carbocycles. The Balaban J connectivity index is 2.22. The van der Waals surface area contributed by atoms with Crippen LogP contribution in [0.15, 0.2) is 48.0 Å². The minimum absolute atomic E-state index is 0.00507. The number of likely N-dealkylation sites (tertiary alicyclic amines) is 1. The lowest BCUT2D eigenvalue weighted by molar-refractivity contribution is -0.140. The summed E-state index contributed by atoms with van der Waals surface area (Å²) in [5.41, 5.74) is 0.966. The summed E-state index contributed by atoms with van der Waals surface area (Å²) in [6, 6.07) is 11.1. The van der Waals surface area contributed by atoms with E-state index in [1.807, 2.05) is 19.0 Å². The van der Waals surface area contributed by atoms with Crippen molar-refractivity contribution >= 4 is 17.4 Å². The van der Waals surface area contributed by atoms with Crippen LogP contribution < -0.4 is 14.2 Å². The number of ether oxygens (including phenoxy) is 3. The van der Waals surface area contributed by atoms with Crippen molar-refractivity contribution in [1.82, 2.24) is 9.80 Å². The van der Waals surface area contributed by atoms with Gasteiger partial charge in [0, 0.05) is 24.2 Å². The van der Waals surface area contributed by atoms with Crippen LogP contribution in [0.25, 0.3) is 5.76 Å². The lowest BCUT2D eigenvalue weighted by Gasteiger charge is -2.28. The van der Waals surface area contributed by atoms with E-state index in [0.29, 0.717) is 41.5 Å². The summed E-state index contributed by atoms with van der Waals surface area (Å²) in [5.74, 6) is -0.194. The smallest absolute Gasteiger partial charge is 0.295 e. The van der Waals surface area contributed by atoms with Crippen molar-refractivity contribution in [3.8, 4) is 17.2 Å². The number of likely N-dealkylation sites (N-methyl/N-ethyl adjacent to an activating group) is 1. The van der Waals surface area contributed by atoms with Crippen LogP contribution in [-0.4, -0.2) is 75.1 Å². The highest BCUT2D eigenvalue weighted by molar-refractivity contribution is 6.46. The monoisotopic (exact) mass is 440 g/mol. The number of amides is 1. The summed E-state index contributed by atoms with van der Waals surface area (Å²) in [4.78, 5) is 29.5. The van der Waals surface area contributed by atoms with Gasteiger partial charge in [-0.1, -0.05) is 12.1 Å². The molecule has 0 saturated carbocycles. The van der Waals surface area contributed by atoms with E-state index in [-0.39, 0.29) is 11.3 Å². The van der Waals surface area contributed by atoms with Gasteiger partial charge in [0.1, 0.15) is 11.5 Å². The maximum atomic E-state index is 13.1. The first kappa shape index (κ1) is 23.1. The number of rotatable bonds is 8. The number of methoxy groups -OCH3 is 3. The molecule has 2 aromatic carbocycles. The Hall–Kier alpha value is -3.52. The number of hydrogen-bond acceptors (Lipinski definition) is 7. The lowest BCUT2D eigenvalue weighted by Crippen LogP contribution is -2.35. The van der Waals surface area contributed by atoms with Crippen molar-refractivity contribution in [3.05, 3.63) is 59.2 Å². The molecule has 170 valence electrons. The number of benzene rings is 2. The molecule has 2 aromatic rings. The van der Waals surface area contributed by atoms with Gasteiger partial charge in [-0.05, 0) is 44.4 Å². The van der Waals surface area contributed by atoms with E-state index < -0.39 is 17.7 Å². The summed E-state index contributed by atoms with van der Waals surface area (Å²) in [5, 5.41) is 11.1. The van der Waals surface area contributed by atoms with Crippen molar-refractivity contribution in [2.24, 2.45) is 0 Å². The van der Waals surface area contributed by atoms with E-state index in [1.165, 1.54) is 19.1 Å². The predicted molar refractivity (Wildman–Crippen MR) is 120 cm³/mol. The maximum absolute atomic E-state index is 13.1. The van der Waals surface area contributed by atoms with Crippen LogP contribution in [0.1, 0.15) is 17.2 Å². The van der Waals surface area contributed by atoms with Gasteiger partial charge in [0.2, 0.25) is 0 Å². The molecule has 8 nitrogen and oxygen atoms in total. The number of Topliss-reactive ketones (excluding diaryl/α,β-unsaturated/α-hetero) is 1. The van der Waals surface area contributed by atoms with Crippen molar-refractivity contribution in [1.29, 1.82) is 0 Å². The molecule has 1 fully saturated rings. The van der Waals surface area contributed by atoms with Crippen LogP contribution in [0.2, 0.25) is 0 Å². The van der Waals surface area contributed by atoms with Gasteiger partial charge in [0.25, 0.3) is 11.7 Å². The third-order valence-electron chi connectivity index (χ3n) is 5.42. The zero-order valence-electron chi connectivity index (χ0n) is 18.9. The molecule has 1 aliphatic heterocycles. The van der Waals surface area contributed by atoms with Crippen molar-refractivity contribution in [3.63, 3.8) is 0 Å². The SMILES string of the molecule is COc1ccc(C(O)=C2C(=O)C(=O)N(CCN(C)C)[C@H]2c2cccc(OC)c2OC)cc1. The molecule has 1 heterocycles. The number of carbonyl (C=O) groups is 2. The van der Waals surface area contributed by atoms with Crippen LogP contribution in [0.5, 0.6) is 17.2 Å². The van der Waals surface area contributed by atoms with Gasteiger partial charge in [-0.3, -0.25) is 9.59 Å². The van der Waals surface area contributed by atoms with Crippen LogP contribution in [0.4, 0.5) is 0 Å². The molecule has 1 N–H and O–H groups in total. The minimum atomic E-state index is -0.831. The lowest BCUT2D eigenvalue weighted by atomic mass is 9.94. The Morgan fingerprint density at radius 1 is 1.00 bits per heavy atom. The van der Waals surface area contributed by atoms with Crippen LogP contribution in [0.3, 0.4) is 0 Å². The van der Waals surface area contributed by atoms with Crippen LogP contribution >= 0.6 is 0 Å². The molecule has 0 bridgehead atoms. The largest absolute Gasteiger partial charge is 0.507 e. The summed E-state index contributed by atoms with van der Waals surface area (Å²) in [7, 11) is 8.32. The Morgan fingerprint density at radius 2 is 1.69 bits per heavy atom. The second-order valence-electron chi connectivity index (χ2n) is 7.61. The molecule has 3 rings (SSSR count). The van der Waals surface area contributed by atoms with Gasteiger partial charge in [-0.2, -0.15) is 0 Å². The number of ketones is 1. The molecule has 1 amide bonds. The number of carbonyl (C=O) groups excluding carboxylic acids is 2. The molecular formula is C24H28N2O6. The van der Waals surface area contributed by atoms with Crippen molar-refractivity contribution in [2.45, 2.75) is 6.04 Å². The summed E-state index contributed by atoms with van der Waals surface area (Å²) < 4.78 is 16.2. The Kier molecular flexibility index (Phi) is 7.05. The molecule has 1 saturated heterocycles. The van der Waals surface area contributed by atoms with E-state index in [1.54, 1.807) is 49.6 Å². The summed E-state index contributed by atoms with van der Waals surface area (Å²) in [6.45, 7) is 0.834. The fourth-order valence-corrected chi connectivity index (χ4v) is 3.77. The Labute approximate surface area is 187 Å². The van der Waals surface area contributed by atoms with Crippen LogP contribution in [-0.2, 0) is 9.59 Å². The van der Waals surface area contributed by atoms with E-state index in [0.717, 1.165) is 0 Å². The van der Waals surface area contributed by atoms with Gasteiger partial charge in [-0.15, -0.1) is 0 Å². The van der Waals surface area contributed by atoms with Gasteiger partial charge in [0.15, 0.2) is 11.5 Å². The molecule has 0 spiro atoms. The van der Waals surface area contributed by atoms with Crippen molar-refractivity contribution < 1.29 is 28.9 Å². The molecule has 1 atom stereocenters. The first-order valence-corrected chi connectivity index (χ1v) is 10.1. The predicted octanol–water partition coefficient (Wildman–Crippen LogP) is 2.70. The fourth-order valence-electron chi connectivity index (χ4n) is 3.77. The highest BCUT2D eigenvalue weighted by Gasteiger charge is 2.47. The standard InChI is InChI=1S/C24H28N2O6/c1-25(2)13-14-26-20(17-7-6-8-18(31-4)23(17)32-5)19(22(28)24(26)29)21(27)15-9-11-16(30-3)12-10-15/h6-12,20,27H,13-14H2,1-5H3/t20-/m0/s1. The number of aliphatic hydroxyl groups excluding tert-OH is 1. The Morgan fingerprint density at radius 3 is 2.25 bits per heavy atom. The highest BCUT2D eigenvalue weighted by atomic mass is 16.5. The van der Waals surface area contributed by atoms with E-state index in [4.69, 9.17) is 14.2 Å². The molecule has 8 heteroatoms.